The average molecular weight is 231 g/mol. The highest BCUT2D eigenvalue weighted by Gasteiger charge is 2.41. The molecule has 0 aromatic heterocycles. The number of rotatable bonds is 3. The van der Waals surface area contributed by atoms with Gasteiger partial charge in [0.25, 0.3) is 0 Å². The molecule has 0 radical (unpaired) electrons. The van der Waals surface area contributed by atoms with Gasteiger partial charge < -0.3 is 5.11 Å². The molecule has 2 nitrogen and oxygen atoms in total. The molecule has 1 N–H and O–H groups in total. The lowest BCUT2D eigenvalue weighted by Gasteiger charge is -2.24. The minimum absolute atomic E-state index is 0.491. The van der Waals surface area contributed by atoms with E-state index in [-0.39, 0.29) is 0 Å². The number of benzene rings is 1. The maximum atomic E-state index is 10.7. The van der Waals surface area contributed by atoms with Crippen LogP contribution in [-0.4, -0.2) is 34.7 Å². The molecule has 2 fully saturated rings. The Kier molecular flexibility index (Phi) is 2.72. The van der Waals surface area contributed by atoms with Gasteiger partial charge in [-0.15, -0.1) is 0 Å². The first-order chi connectivity index (χ1) is 8.16. The van der Waals surface area contributed by atoms with Crippen LogP contribution < -0.4 is 0 Å². The van der Waals surface area contributed by atoms with Gasteiger partial charge in [0.2, 0.25) is 0 Å². The van der Waals surface area contributed by atoms with Crippen LogP contribution in [0.4, 0.5) is 0 Å². The predicted octanol–water partition coefficient (Wildman–Crippen LogP) is 2.14. The van der Waals surface area contributed by atoms with E-state index in [1.165, 1.54) is 24.0 Å². The zero-order valence-electron chi connectivity index (χ0n) is 10.5. The van der Waals surface area contributed by atoms with Crippen molar-refractivity contribution < 1.29 is 5.11 Å². The Morgan fingerprint density at radius 3 is 2.82 bits per heavy atom. The van der Waals surface area contributed by atoms with Crippen LogP contribution in [0.1, 0.15) is 30.4 Å². The summed E-state index contributed by atoms with van der Waals surface area (Å²) in [6, 6.07) is 9.19. The van der Waals surface area contributed by atoms with Gasteiger partial charge in [-0.2, -0.15) is 0 Å². The van der Waals surface area contributed by atoms with Crippen LogP contribution in [0, 0.1) is 6.92 Å². The van der Waals surface area contributed by atoms with Crippen LogP contribution >= 0.6 is 0 Å². The van der Waals surface area contributed by atoms with Crippen LogP contribution in [0.3, 0.4) is 0 Å². The van der Waals surface area contributed by atoms with Crippen LogP contribution in [-0.2, 0) is 6.42 Å². The molecule has 3 rings (SSSR count). The third-order valence-electron chi connectivity index (χ3n) is 4.21. The minimum atomic E-state index is -0.491. The first-order valence-corrected chi connectivity index (χ1v) is 6.67. The Morgan fingerprint density at radius 2 is 2.12 bits per heavy atom. The van der Waals surface area contributed by atoms with Gasteiger partial charge in [-0.05, 0) is 37.3 Å². The van der Waals surface area contributed by atoms with E-state index in [4.69, 9.17) is 0 Å². The molecule has 2 heteroatoms. The van der Waals surface area contributed by atoms with E-state index < -0.39 is 5.60 Å². The van der Waals surface area contributed by atoms with Gasteiger partial charge in [-0.3, -0.25) is 4.90 Å². The summed E-state index contributed by atoms with van der Waals surface area (Å²) in [6.07, 6.45) is 4.40. The van der Waals surface area contributed by atoms with Crippen LogP contribution in [0.15, 0.2) is 24.3 Å². The van der Waals surface area contributed by atoms with E-state index >= 15 is 0 Å². The Bertz CT molecular complexity index is 413. The highest BCUT2D eigenvalue weighted by molar-refractivity contribution is 5.27. The molecule has 17 heavy (non-hydrogen) atoms. The van der Waals surface area contributed by atoms with Gasteiger partial charge in [-0.25, -0.2) is 0 Å². The lowest BCUT2D eigenvalue weighted by Crippen LogP contribution is -2.36. The second kappa shape index (κ2) is 4.11. The second-order valence-electron chi connectivity index (χ2n) is 5.78. The van der Waals surface area contributed by atoms with Crippen LogP contribution in [0.2, 0.25) is 0 Å². The van der Waals surface area contributed by atoms with Crippen molar-refractivity contribution in [3.05, 3.63) is 35.4 Å². The Labute approximate surface area is 103 Å². The molecule has 1 saturated heterocycles. The van der Waals surface area contributed by atoms with Crippen molar-refractivity contribution in [2.45, 2.75) is 44.2 Å². The molecule has 0 spiro atoms. The maximum Gasteiger partial charge on any atom is 0.0826 e. The van der Waals surface area contributed by atoms with Gasteiger partial charge >= 0.3 is 0 Å². The zero-order chi connectivity index (χ0) is 11.9. The summed E-state index contributed by atoms with van der Waals surface area (Å²) >= 11 is 0. The smallest absolute Gasteiger partial charge is 0.0826 e. The molecule has 1 aliphatic heterocycles. The fraction of sp³-hybridized carbons (Fsp3) is 0.600. The van der Waals surface area contributed by atoms with Crippen molar-refractivity contribution in [2.24, 2.45) is 0 Å². The normalized spacial score (nSPS) is 29.8. The van der Waals surface area contributed by atoms with Crippen molar-refractivity contribution in [1.29, 1.82) is 0 Å². The lowest BCUT2D eigenvalue weighted by molar-refractivity contribution is 0.0486. The highest BCUT2D eigenvalue weighted by Crippen LogP contribution is 2.35. The number of aliphatic hydroxyl groups is 1. The molecule has 1 unspecified atom stereocenters. The van der Waals surface area contributed by atoms with Crippen molar-refractivity contribution in [3.63, 3.8) is 0 Å². The highest BCUT2D eigenvalue weighted by atomic mass is 16.3. The minimum Gasteiger partial charge on any atom is -0.388 e. The van der Waals surface area contributed by atoms with E-state index in [0.717, 1.165) is 32.0 Å². The molecule has 1 aromatic carbocycles. The molecule has 2 aliphatic rings. The molecule has 1 aliphatic carbocycles. The predicted molar refractivity (Wildman–Crippen MR) is 69.0 cm³/mol. The van der Waals surface area contributed by atoms with E-state index in [1.54, 1.807) is 0 Å². The molecule has 0 bridgehead atoms. The molecule has 0 amide bonds. The SMILES string of the molecule is Cc1ccccc1CC1(O)CCN(C2CC2)C1. The summed E-state index contributed by atoms with van der Waals surface area (Å²) in [4.78, 5) is 2.47. The van der Waals surface area contributed by atoms with Crippen molar-refractivity contribution in [3.8, 4) is 0 Å². The monoisotopic (exact) mass is 231 g/mol. The van der Waals surface area contributed by atoms with E-state index in [0.29, 0.717) is 0 Å². The van der Waals surface area contributed by atoms with Crippen LogP contribution in [0.25, 0.3) is 0 Å². The van der Waals surface area contributed by atoms with Gasteiger partial charge in [-0.1, -0.05) is 24.3 Å². The fourth-order valence-electron chi connectivity index (χ4n) is 2.95. The number of likely N-dealkylation sites (tertiary alicyclic amines) is 1. The number of hydrogen-bond acceptors (Lipinski definition) is 2. The first kappa shape index (κ1) is 11.2. The van der Waals surface area contributed by atoms with Crippen LogP contribution in [0.5, 0.6) is 0 Å². The Hall–Kier alpha value is -0.860. The molecule has 1 heterocycles. The quantitative estimate of drug-likeness (QED) is 0.861. The number of hydrogen-bond donors (Lipinski definition) is 1. The second-order valence-corrected chi connectivity index (χ2v) is 5.78. The zero-order valence-corrected chi connectivity index (χ0v) is 10.5. The van der Waals surface area contributed by atoms with E-state index in [1.807, 2.05) is 0 Å². The molecule has 1 saturated carbocycles. The first-order valence-electron chi connectivity index (χ1n) is 6.67. The summed E-state index contributed by atoms with van der Waals surface area (Å²) < 4.78 is 0. The average Bonchev–Trinajstić information content (AvgIpc) is 3.07. The molecule has 92 valence electrons. The van der Waals surface area contributed by atoms with Gasteiger partial charge in [0.05, 0.1) is 5.60 Å². The number of β-amino-alcohol motifs (C(OH)–C–C–N with tert-alkyl or cyclic N) is 1. The summed E-state index contributed by atoms with van der Waals surface area (Å²) in [5.41, 5.74) is 2.10. The largest absolute Gasteiger partial charge is 0.388 e. The summed E-state index contributed by atoms with van der Waals surface area (Å²) in [7, 11) is 0. The maximum absolute atomic E-state index is 10.7. The molecule has 1 aromatic rings. The van der Waals surface area contributed by atoms with Crippen molar-refractivity contribution in [2.75, 3.05) is 13.1 Å². The number of aryl methyl sites for hydroxylation is 1. The number of nitrogens with zero attached hydrogens (tertiary/aromatic N) is 1. The van der Waals surface area contributed by atoms with Crippen molar-refractivity contribution >= 4 is 0 Å². The third kappa shape index (κ3) is 2.38. The Morgan fingerprint density at radius 1 is 1.35 bits per heavy atom. The van der Waals surface area contributed by atoms with Crippen molar-refractivity contribution in [1.82, 2.24) is 4.90 Å². The van der Waals surface area contributed by atoms with E-state index in [2.05, 4.69) is 36.1 Å². The summed E-state index contributed by atoms with van der Waals surface area (Å²) in [5, 5.41) is 10.7. The Balaban J connectivity index is 1.70. The molecular formula is C15H21NO. The topological polar surface area (TPSA) is 23.5 Å². The van der Waals surface area contributed by atoms with Gasteiger partial charge in [0.15, 0.2) is 0 Å². The molecule has 1 atom stereocenters. The summed E-state index contributed by atoms with van der Waals surface area (Å²) in [5.74, 6) is 0. The standard InChI is InChI=1S/C15H21NO/c1-12-4-2-3-5-13(12)10-15(17)8-9-16(11-15)14-6-7-14/h2-5,14,17H,6-11H2,1H3. The molecular weight excluding hydrogens is 210 g/mol. The van der Waals surface area contributed by atoms with Gasteiger partial charge in [0.1, 0.15) is 0 Å². The summed E-state index contributed by atoms with van der Waals surface area (Å²) in [6.45, 7) is 4.07. The fourth-order valence-corrected chi connectivity index (χ4v) is 2.95. The van der Waals surface area contributed by atoms with Gasteiger partial charge in [0, 0.05) is 25.6 Å². The third-order valence-corrected chi connectivity index (χ3v) is 4.21. The lowest BCUT2D eigenvalue weighted by atomic mass is 9.91. The van der Waals surface area contributed by atoms with E-state index in [9.17, 15) is 5.11 Å².